The summed E-state index contributed by atoms with van der Waals surface area (Å²) >= 11 is 0. The molecule has 0 bridgehead atoms. The first-order chi connectivity index (χ1) is 9.26. The van der Waals surface area contributed by atoms with Gasteiger partial charge in [0.2, 0.25) is 0 Å². The first kappa shape index (κ1) is 13.7. The van der Waals surface area contributed by atoms with Gasteiger partial charge < -0.3 is 5.32 Å². The van der Waals surface area contributed by atoms with Crippen LogP contribution in [-0.4, -0.2) is 21.1 Å². The zero-order chi connectivity index (χ0) is 13.7. The number of aromatic nitrogens is 3. The van der Waals surface area contributed by atoms with E-state index in [0.717, 1.165) is 43.3 Å². The number of aryl methyl sites for hydroxylation is 2. The van der Waals surface area contributed by atoms with Gasteiger partial charge in [-0.1, -0.05) is 19.9 Å². The first-order valence-electron chi connectivity index (χ1n) is 6.96. The highest BCUT2D eigenvalue weighted by molar-refractivity contribution is 5.31. The van der Waals surface area contributed by atoms with Crippen molar-refractivity contribution in [2.75, 3.05) is 6.54 Å². The van der Waals surface area contributed by atoms with Gasteiger partial charge in [-0.3, -0.25) is 4.57 Å². The van der Waals surface area contributed by atoms with Crippen LogP contribution >= 0.6 is 0 Å². The second-order valence-corrected chi connectivity index (χ2v) is 4.66. The van der Waals surface area contributed by atoms with E-state index in [1.165, 1.54) is 5.56 Å². The fraction of sp³-hybridized carbons (Fsp3) is 0.467. The van der Waals surface area contributed by atoms with Crippen LogP contribution in [0.5, 0.6) is 0 Å². The maximum atomic E-state index is 4.69. The van der Waals surface area contributed by atoms with Gasteiger partial charge in [-0.2, -0.15) is 0 Å². The van der Waals surface area contributed by atoms with E-state index >= 15 is 0 Å². The Morgan fingerprint density at radius 1 is 1.26 bits per heavy atom. The average molecular weight is 258 g/mol. The fourth-order valence-electron chi connectivity index (χ4n) is 2.10. The summed E-state index contributed by atoms with van der Waals surface area (Å²) in [5.41, 5.74) is 2.34. The Labute approximate surface area is 114 Å². The summed E-state index contributed by atoms with van der Waals surface area (Å²) in [4.78, 5) is 9.02. The van der Waals surface area contributed by atoms with Crippen LogP contribution in [0.3, 0.4) is 0 Å². The van der Waals surface area contributed by atoms with Gasteiger partial charge in [0, 0.05) is 31.1 Å². The lowest BCUT2D eigenvalue weighted by atomic mass is 10.2. The molecule has 0 saturated heterocycles. The van der Waals surface area contributed by atoms with Crippen LogP contribution in [0.1, 0.15) is 37.4 Å². The van der Waals surface area contributed by atoms with Crippen LogP contribution in [0.15, 0.2) is 24.5 Å². The van der Waals surface area contributed by atoms with Gasteiger partial charge in [-0.15, -0.1) is 0 Å². The quantitative estimate of drug-likeness (QED) is 0.810. The van der Waals surface area contributed by atoms with Gasteiger partial charge in [0.05, 0.1) is 0 Å². The molecule has 0 aliphatic carbocycles. The Bertz CT molecular complexity index is 531. The monoisotopic (exact) mass is 258 g/mol. The molecule has 4 heteroatoms. The minimum atomic E-state index is 0.886. The molecule has 0 atom stereocenters. The lowest BCUT2D eigenvalue weighted by Gasteiger charge is -2.10. The second kappa shape index (κ2) is 6.48. The van der Waals surface area contributed by atoms with Crippen LogP contribution in [0, 0.1) is 6.92 Å². The lowest BCUT2D eigenvalue weighted by Crippen LogP contribution is -2.15. The molecule has 2 aromatic rings. The van der Waals surface area contributed by atoms with Crippen molar-refractivity contribution >= 4 is 0 Å². The highest BCUT2D eigenvalue weighted by Crippen LogP contribution is 2.12. The molecule has 0 spiro atoms. The highest BCUT2D eigenvalue weighted by Gasteiger charge is 2.06. The zero-order valence-electron chi connectivity index (χ0n) is 12.0. The number of imidazole rings is 1. The summed E-state index contributed by atoms with van der Waals surface area (Å²) in [5, 5.41) is 3.41. The first-order valence-corrected chi connectivity index (χ1v) is 6.96. The summed E-state index contributed by atoms with van der Waals surface area (Å²) in [6, 6.07) is 4.22. The van der Waals surface area contributed by atoms with E-state index in [0.29, 0.717) is 0 Å². The van der Waals surface area contributed by atoms with Gasteiger partial charge in [0.15, 0.2) is 0 Å². The second-order valence-electron chi connectivity index (χ2n) is 4.66. The number of hydrogen-bond donors (Lipinski definition) is 1. The number of hydrogen-bond acceptors (Lipinski definition) is 3. The number of nitrogens with zero attached hydrogens (tertiary/aromatic N) is 3. The largest absolute Gasteiger partial charge is 0.313 e. The fourth-order valence-corrected chi connectivity index (χ4v) is 2.10. The van der Waals surface area contributed by atoms with E-state index in [9.17, 15) is 0 Å². The van der Waals surface area contributed by atoms with Crippen molar-refractivity contribution in [2.24, 2.45) is 0 Å². The van der Waals surface area contributed by atoms with Gasteiger partial charge in [0.1, 0.15) is 11.6 Å². The van der Waals surface area contributed by atoms with Crippen molar-refractivity contribution in [1.29, 1.82) is 0 Å². The van der Waals surface area contributed by atoms with Crippen molar-refractivity contribution in [3.8, 4) is 5.82 Å². The van der Waals surface area contributed by atoms with Crippen molar-refractivity contribution < 1.29 is 0 Å². The van der Waals surface area contributed by atoms with E-state index in [1.54, 1.807) is 0 Å². The zero-order valence-corrected chi connectivity index (χ0v) is 12.0. The number of nitrogens with one attached hydrogen (secondary N) is 1. The summed E-state index contributed by atoms with van der Waals surface area (Å²) in [5.74, 6) is 2.00. The molecular weight excluding hydrogens is 236 g/mol. The molecule has 0 saturated carbocycles. The van der Waals surface area contributed by atoms with Crippen LogP contribution in [-0.2, 0) is 13.0 Å². The highest BCUT2D eigenvalue weighted by atomic mass is 15.1. The third kappa shape index (κ3) is 3.20. The van der Waals surface area contributed by atoms with E-state index in [2.05, 4.69) is 52.8 Å². The third-order valence-corrected chi connectivity index (χ3v) is 3.20. The van der Waals surface area contributed by atoms with Crippen LogP contribution in [0.4, 0.5) is 0 Å². The van der Waals surface area contributed by atoms with Crippen molar-refractivity contribution in [1.82, 2.24) is 19.9 Å². The normalized spacial score (nSPS) is 10.9. The molecule has 2 heterocycles. The molecule has 0 radical (unpaired) electrons. The van der Waals surface area contributed by atoms with Crippen molar-refractivity contribution in [3.05, 3.63) is 41.6 Å². The molecule has 0 aliphatic heterocycles. The summed E-state index contributed by atoms with van der Waals surface area (Å²) in [7, 11) is 0. The molecule has 0 fully saturated rings. The topological polar surface area (TPSA) is 42.7 Å². The van der Waals surface area contributed by atoms with Gasteiger partial charge in [0.25, 0.3) is 0 Å². The summed E-state index contributed by atoms with van der Waals surface area (Å²) < 4.78 is 2.05. The van der Waals surface area contributed by atoms with E-state index in [-0.39, 0.29) is 0 Å². The molecule has 0 amide bonds. The molecule has 0 aromatic carbocycles. The molecule has 2 aromatic heterocycles. The standard InChI is InChI=1S/C15H22N4/c1-4-8-16-11-13-6-7-15(18-12(13)3)19-10-9-17-14(19)5-2/h6-7,9-10,16H,4-5,8,11H2,1-3H3. The Hall–Kier alpha value is -1.68. The molecule has 1 N–H and O–H groups in total. The van der Waals surface area contributed by atoms with E-state index < -0.39 is 0 Å². The number of rotatable bonds is 6. The smallest absolute Gasteiger partial charge is 0.138 e. The maximum absolute atomic E-state index is 4.69. The predicted octanol–water partition coefficient (Wildman–Crippen LogP) is 2.64. The van der Waals surface area contributed by atoms with Gasteiger partial charge in [-0.05, 0) is 31.5 Å². The van der Waals surface area contributed by atoms with Gasteiger partial charge in [-0.25, -0.2) is 9.97 Å². The third-order valence-electron chi connectivity index (χ3n) is 3.20. The minimum Gasteiger partial charge on any atom is -0.313 e. The molecule has 0 aliphatic rings. The predicted molar refractivity (Wildman–Crippen MR) is 77.5 cm³/mol. The summed E-state index contributed by atoms with van der Waals surface area (Å²) in [6.07, 6.45) is 5.86. The van der Waals surface area contributed by atoms with Gasteiger partial charge >= 0.3 is 0 Å². The molecule has 2 rings (SSSR count). The average Bonchev–Trinajstić information content (AvgIpc) is 2.89. The molecule has 4 nitrogen and oxygen atoms in total. The maximum Gasteiger partial charge on any atom is 0.138 e. The molecule has 0 unspecified atom stereocenters. The molecular formula is C15H22N4. The van der Waals surface area contributed by atoms with Crippen LogP contribution in [0.25, 0.3) is 5.82 Å². The molecule has 19 heavy (non-hydrogen) atoms. The Morgan fingerprint density at radius 3 is 2.79 bits per heavy atom. The van der Waals surface area contributed by atoms with Crippen molar-refractivity contribution in [3.63, 3.8) is 0 Å². The van der Waals surface area contributed by atoms with Crippen molar-refractivity contribution in [2.45, 2.75) is 40.2 Å². The number of pyridine rings is 1. The minimum absolute atomic E-state index is 0.886. The lowest BCUT2D eigenvalue weighted by molar-refractivity contribution is 0.670. The molecule has 102 valence electrons. The summed E-state index contributed by atoms with van der Waals surface area (Å²) in [6.45, 7) is 8.27. The van der Waals surface area contributed by atoms with E-state index in [1.807, 2.05) is 12.4 Å². The van der Waals surface area contributed by atoms with E-state index in [4.69, 9.17) is 0 Å². The SMILES string of the molecule is CCCNCc1ccc(-n2ccnc2CC)nc1C. The van der Waals surface area contributed by atoms with Crippen LogP contribution in [0.2, 0.25) is 0 Å². The van der Waals surface area contributed by atoms with Crippen LogP contribution < -0.4 is 5.32 Å². The Balaban J connectivity index is 2.19. The Morgan fingerprint density at radius 2 is 2.11 bits per heavy atom. The Kier molecular flexibility index (Phi) is 4.68.